The maximum Gasteiger partial charge on any atom is 0.252 e. The Balaban J connectivity index is 2.17. The minimum absolute atomic E-state index is 0.0673. The summed E-state index contributed by atoms with van der Waals surface area (Å²) in [6.07, 6.45) is 0.701. The second-order valence-electron chi connectivity index (χ2n) is 4.91. The van der Waals surface area contributed by atoms with Crippen LogP contribution in [0.15, 0.2) is 53.0 Å². The van der Waals surface area contributed by atoms with Gasteiger partial charge in [-0.3, -0.25) is 4.79 Å². The molecule has 2 aromatic rings. The van der Waals surface area contributed by atoms with Gasteiger partial charge in [0.15, 0.2) is 0 Å². The van der Waals surface area contributed by atoms with Crippen LogP contribution in [0, 0.1) is 0 Å². The highest BCUT2D eigenvalue weighted by atomic mass is 79.9. The average Bonchev–Trinajstić information content (AvgIpc) is 2.48. The summed E-state index contributed by atoms with van der Waals surface area (Å²) in [6.45, 7) is 2.51. The van der Waals surface area contributed by atoms with E-state index in [-0.39, 0.29) is 11.9 Å². The molecule has 0 aliphatic carbocycles. The number of benzene rings is 2. The van der Waals surface area contributed by atoms with Gasteiger partial charge in [0.05, 0.1) is 6.04 Å². The van der Waals surface area contributed by atoms with Gasteiger partial charge in [-0.2, -0.15) is 0 Å². The lowest BCUT2D eigenvalue weighted by atomic mass is 10.0. The predicted octanol–water partition coefficient (Wildman–Crippen LogP) is 3.44. The summed E-state index contributed by atoms with van der Waals surface area (Å²) in [5.41, 5.74) is 8.34. The highest BCUT2D eigenvalue weighted by Gasteiger charge is 2.15. The molecule has 2 rings (SSSR count). The molecular weight excluding hydrogens is 328 g/mol. The van der Waals surface area contributed by atoms with Crippen molar-refractivity contribution in [1.29, 1.82) is 0 Å². The number of carbonyl (C=O) groups excluding carboxylic acids is 1. The van der Waals surface area contributed by atoms with E-state index in [1.807, 2.05) is 55.5 Å². The van der Waals surface area contributed by atoms with Crippen molar-refractivity contribution in [3.05, 3.63) is 69.7 Å². The zero-order valence-electron chi connectivity index (χ0n) is 12.0. The summed E-state index contributed by atoms with van der Waals surface area (Å²) >= 11 is 3.51. The number of hydrogen-bond acceptors (Lipinski definition) is 2. The fourth-order valence-electron chi connectivity index (χ4n) is 2.29. The van der Waals surface area contributed by atoms with Crippen LogP contribution in [0.25, 0.3) is 0 Å². The fourth-order valence-corrected chi connectivity index (χ4v) is 2.92. The molecule has 0 saturated carbocycles. The van der Waals surface area contributed by atoms with Gasteiger partial charge >= 0.3 is 0 Å². The van der Waals surface area contributed by atoms with Crippen molar-refractivity contribution < 1.29 is 4.79 Å². The second-order valence-corrected chi connectivity index (χ2v) is 5.77. The van der Waals surface area contributed by atoms with Crippen LogP contribution >= 0.6 is 15.9 Å². The molecule has 110 valence electrons. The second kappa shape index (κ2) is 7.38. The molecule has 3 nitrogen and oxygen atoms in total. The molecule has 0 aliphatic heterocycles. The third kappa shape index (κ3) is 3.93. The van der Waals surface area contributed by atoms with Crippen molar-refractivity contribution in [2.45, 2.75) is 19.4 Å². The number of rotatable bonds is 5. The van der Waals surface area contributed by atoms with Crippen LogP contribution in [0.2, 0.25) is 0 Å². The van der Waals surface area contributed by atoms with Gasteiger partial charge in [-0.05, 0) is 43.1 Å². The maximum absolute atomic E-state index is 12.5. The molecule has 1 amide bonds. The van der Waals surface area contributed by atoms with Crippen LogP contribution in [0.4, 0.5) is 0 Å². The Morgan fingerprint density at radius 3 is 2.57 bits per heavy atom. The van der Waals surface area contributed by atoms with Crippen LogP contribution in [0.5, 0.6) is 0 Å². The Labute approximate surface area is 133 Å². The van der Waals surface area contributed by atoms with Crippen molar-refractivity contribution in [3.8, 4) is 0 Å². The van der Waals surface area contributed by atoms with Crippen molar-refractivity contribution >= 4 is 21.8 Å². The van der Waals surface area contributed by atoms with Crippen LogP contribution in [0.1, 0.15) is 34.5 Å². The SMILES string of the molecule is C[C@H](NC(=O)c1ccccc1CCN)c1ccccc1Br. The largest absolute Gasteiger partial charge is 0.345 e. The predicted molar refractivity (Wildman–Crippen MR) is 89.2 cm³/mol. The quantitative estimate of drug-likeness (QED) is 0.871. The van der Waals surface area contributed by atoms with Gasteiger partial charge in [-0.1, -0.05) is 52.3 Å². The van der Waals surface area contributed by atoms with Crippen molar-refractivity contribution in [2.24, 2.45) is 5.73 Å². The van der Waals surface area contributed by atoms with E-state index in [0.29, 0.717) is 18.5 Å². The zero-order chi connectivity index (χ0) is 15.2. The molecule has 3 N–H and O–H groups in total. The number of nitrogens with one attached hydrogen (secondary N) is 1. The molecule has 2 aromatic carbocycles. The van der Waals surface area contributed by atoms with Gasteiger partial charge in [-0.25, -0.2) is 0 Å². The number of nitrogens with two attached hydrogens (primary N) is 1. The molecule has 0 aromatic heterocycles. The third-order valence-electron chi connectivity index (χ3n) is 3.39. The zero-order valence-corrected chi connectivity index (χ0v) is 13.6. The molecule has 1 atom stereocenters. The van der Waals surface area contributed by atoms with E-state index in [1.54, 1.807) is 0 Å². The summed E-state index contributed by atoms with van der Waals surface area (Å²) in [7, 11) is 0. The van der Waals surface area contributed by atoms with Crippen molar-refractivity contribution in [1.82, 2.24) is 5.32 Å². The minimum Gasteiger partial charge on any atom is -0.345 e. The summed E-state index contributed by atoms with van der Waals surface area (Å²) in [4.78, 5) is 12.5. The molecule has 0 saturated heterocycles. The van der Waals surface area contributed by atoms with E-state index in [9.17, 15) is 4.79 Å². The van der Waals surface area contributed by atoms with Crippen LogP contribution in [-0.4, -0.2) is 12.5 Å². The average molecular weight is 347 g/mol. The van der Waals surface area contributed by atoms with Crippen molar-refractivity contribution in [3.63, 3.8) is 0 Å². The highest BCUT2D eigenvalue weighted by molar-refractivity contribution is 9.10. The van der Waals surface area contributed by atoms with Gasteiger partial charge in [0.25, 0.3) is 5.91 Å². The molecule has 4 heteroatoms. The van der Waals surface area contributed by atoms with E-state index in [0.717, 1.165) is 15.6 Å². The first-order chi connectivity index (χ1) is 10.1. The molecule has 0 spiro atoms. The number of amides is 1. The minimum atomic E-state index is -0.0704. The molecule has 0 radical (unpaired) electrons. The molecule has 0 bridgehead atoms. The Hall–Kier alpha value is -1.65. The van der Waals surface area contributed by atoms with Crippen molar-refractivity contribution in [2.75, 3.05) is 6.54 Å². The number of halogens is 1. The highest BCUT2D eigenvalue weighted by Crippen LogP contribution is 2.23. The van der Waals surface area contributed by atoms with Gasteiger partial charge in [0, 0.05) is 10.0 Å². The third-order valence-corrected chi connectivity index (χ3v) is 4.12. The van der Waals surface area contributed by atoms with Gasteiger partial charge in [0.1, 0.15) is 0 Å². The smallest absolute Gasteiger partial charge is 0.252 e. The Morgan fingerprint density at radius 1 is 1.19 bits per heavy atom. The van der Waals surface area contributed by atoms with E-state index in [4.69, 9.17) is 5.73 Å². The van der Waals surface area contributed by atoms with Crippen LogP contribution in [-0.2, 0) is 6.42 Å². The normalized spacial score (nSPS) is 12.0. The Morgan fingerprint density at radius 2 is 1.86 bits per heavy atom. The monoisotopic (exact) mass is 346 g/mol. The molecule has 0 unspecified atom stereocenters. The van der Waals surface area contributed by atoms with E-state index < -0.39 is 0 Å². The molecule has 0 fully saturated rings. The fraction of sp³-hybridized carbons (Fsp3) is 0.235. The van der Waals surface area contributed by atoms with Gasteiger partial charge < -0.3 is 11.1 Å². The van der Waals surface area contributed by atoms with Crippen LogP contribution in [0.3, 0.4) is 0 Å². The first-order valence-corrected chi connectivity index (χ1v) is 7.76. The standard InChI is InChI=1S/C17H19BrN2O/c1-12(14-7-4-5-9-16(14)18)20-17(21)15-8-3-2-6-13(15)10-11-19/h2-9,12H,10-11,19H2,1H3,(H,20,21)/t12-/m0/s1. The van der Waals surface area contributed by atoms with Gasteiger partial charge in [-0.15, -0.1) is 0 Å². The summed E-state index contributed by atoms with van der Waals surface area (Å²) in [6, 6.07) is 15.4. The number of hydrogen-bond donors (Lipinski definition) is 2. The first-order valence-electron chi connectivity index (χ1n) is 6.96. The van der Waals surface area contributed by atoms with E-state index in [1.165, 1.54) is 0 Å². The Bertz CT molecular complexity index is 628. The summed E-state index contributed by atoms with van der Waals surface area (Å²) in [5, 5.41) is 3.04. The molecular formula is C17H19BrN2O. The molecule has 0 heterocycles. The molecule has 21 heavy (non-hydrogen) atoms. The lowest BCUT2D eigenvalue weighted by Gasteiger charge is -2.17. The number of carbonyl (C=O) groups is 1. The molecule has 0 aliphatic rings. The van der Waals surface area contributed by atoms with Crippen LogP contribution < -0.4 is 11.1 Å². The van der Waals surface area contributed by atoms with Gasteiger partial charge in [0.2, 0.25) is 0 Å². The topological polar surface area (TPSA) is 55.1 Å². The lowest BCUT2D eigenvalue weighted by molar-refractivity contribution is 0.0939. The maximum atomic E-state index is 12.5. The lowest BCUT2D eigenvalue weighted by Crippen LogP contribution is -2.28. The Kier molecular flexibility index (Phi) is 5.53. The van der Waals surface area contributed by atoms with E-state index >= 15 is 0 Å². The summed E-state index contributed by atoms with van der Waals surface area (Å²) < 4.78 is 0.994. The first kappa shape index (κ1) is 15.7. The van der Waals surface area contributed by atoms with E-state index in [2.05, 4.69) is 21.2 Å². The summed E-state index contributed by atoms with van der Waals surface area (Å²) in [5.74, 6) is -0.0673.